The first kappa shape index (κ1) is 14.8. The largest absolute Gasteiger partial charge is 0.449 e. The maximum atomic E-state index is 12.8. The Morgan fingerprint density at radius 2 is 2.00 bits per heavy atom. The Hall–Kier alpha value is -3.15. The van der Waals surface area contributed by atoms with E-state index in [4.69, 9.17) is 10.5 Å². The minimum absolute atomic E-state index is 0.0950. The minimum atomic E-state index is -0.632. The van der Waals surface area contributed by atoms with Crippen molar-refractivity contribution in [2.75, 3.05) is 12.3 Å². The van der Waals surface area contributed by atoms with Gasteiger partial charge in [0.05, 0.1) is 17.8 Å². The fraction of sp³-hybridized carbons (Fsp3) is 0.118. The van der Waals surface area contributed by atoms with E-state index in [1.807, 2.05) is 0 Å². The zero-order valence-corrected chi connectivity index (χ0v) is 12.5. The number of hydrogen-bond donors (Lipinski definition) is 1. The molecule has 0 atom stereocenters. The van der Waals surface area contributed by atoms with Gasteiger partial charge in [0.2, 0.25) is 5.78 Å². The fourth-order valence-electron chi connectivity index (χ4n) is 2.50. The number of aromatic nitrogens is 2. The van der Waals surface area contributed by atoms with Gasteiger partial charge in [-0.05, 0) is 25.1 Å². The number of hydrogen-bond acceptors (Lipinski definition) is 5. The second-order valence-corrected chi connectivity index (χ2v) is 4.88. The van der Waals surface area contributed by atoms with Gasteiger partial charge in [-0.3, -0.25) is 9.78 Å². The zero-order valence-electron chi connectivity index (χ0n) is 12.5. The van der Waals surface area contributed by atoms with Gasteiger partial charge in [-0.1, -0.05) is 18.2 Å². The van der Waals surface area contributed by atoms with Crippen molar-refractivity contribution >= 4 is 28.5 Å². The molecule has 0 fully saturated rings. The molecule has 2 heterocycles. The molecule has 6 nitrogen and oxygen atoms in total. The Labute approximate surface area is 132 Å². The Bertz CT molecular complexity index is 885. The number of anilines is 1. The first-order chi connectivity index (χ1) is 11.1. The van der Waals surface area contributed by atoms with Crippen molar-refractivity contribution in [3.8, 4) is 0 Å². The third-order valence-corrected chi connectivity index (χ3v) is 3.50. The van der Waals surface area contributed by atoms with E-state index in [0.717, 1.165) is 0 Å². The molecule has 0 bridgehead atoms. The Morgan fingerprint density at radius 3 is 2.70 bits per heavy atom. The van der Waals surface area contributed by atoms with Crippen LogP contribution in [0.2, 0.25) is 0 Å². The molecule has 1 aromatic carbocycles. The molecular formula is C17H15N3O3. The molecule has 6 heteroatoms. The van der Waals surface area contributed by atoms with Gasteiger partial charge in [0.15, 0.2) is 0 Å². The van der Waals surface area contributed by atoms with E-state index in [-0.39, 0.29) is 23.8 Å². The lowest BCUT2D eigenvalue weighted by Gasteiger charge is -2.09. The Kier molecular flexibility index (Phi) is 3.80. The molecule has 0 aliphatic heterocycles. The number of benzene rings is 1. The van der Waals surface area contributed by atoms with Crippen molar-refractivity contribution < 1.29 is 14.3 Å². The molecular weight excluding hydrogens is 294 g/mol. The summed E-state index contributed by atoms with van der Waals surface area (Å²) in [5.74, 6) is -0.375. The average molecular weight is 309 g/mol. The number of nitrogen functional groups attached to an aromatic ring is 1. The first-order valence-electron chi connectivity index (χ1n) is 7.16. The van der Waals surface area contributed by atoms with E-state index >= 15 is 0 Å². The van der Waals surface area contributed by atoms with E-state index in [0.29, 0.717) is 16.5 Å². The predicted octanol–water partition coefficient (Wildman–Crippen LogP) is 2.85. The number of nitrogens with zero attached hydrogens (tertiary/aromatic N) is 2. The zero-order chi connectivity index (χ0) is 16.4. The molecule has 0 aliphatic carbocycles. The number of para-hydroxylation sites is 1. The quantitative estimate of drug-likeness (QED) is 0.752. The Morgan fingerprint density at radius 1 is 1.22 bits per heavy atom. The lowest BCUT2D eigenvalue weighted by atomic mass is 10.1. The number of nitrogens with two attached hydrogens (primary N) is 1. The van der Waals surface area contributed by atoms with Crippen LogP contribution in [0.15, 0.2) is 48.8 Å². The van der Waals surface area contributed by atoms with Crippen molar-refractivity contribution in [2.24, 2.45) is 0 Å². The third-order valence-electron chi connectivity index (χ3n) is 3.50. The number of rotatable bonds is 3. The number of ether oxygens (including phenoxy) is 1. The molecule has 0 amide bonds. The van der Waals surface area contributed by atoms with Crippen LogP contribution >= 0.6 is 0 Å². The van der Waals surface area contributed by atoms with Crippen molar-refractivity contribution in [1.29, 1.82) is 0 Å². The summed E-state index contributed by atoms with van der Waals surface area (Å²) in [4.78, 5) is 29.1. The van der Waals surface area contributed by atoms with Gasteiger partial charge in [-0.25, -0.2) is 9.36 Å². The van der Waals surface area contributed by atoms with E-state index < -0.39 is 6.09 Å². The molecule has 116 valence electrons. The standard InChI is InChI=1S/C17H15N3O3/c1-2-23-17(22)20-13-8-4-3-7-12(13)14(18)15(20)16(21)11-6-5-9-19-10-11/h3-10H,2,18H2,1H3. The monoisotopic (exact) mass is 309 g/mol. The second-order valence-electron chi connectivity index (χ2n) is 4.88. The van der Waals surface area contributed by atoms with Gasteiger partial charge in [-0.2, -0.15) is 0 Å². The summed E-state index contributed by atoms with van der Waals surface area (Å²) >= 11 is 0. The van der Waals surface area contributed by atoms with Crippen LogP contribution in [0, 0.1) is 0 Å². The molecule has 23 heavy (non-hydrogen) atoms. The van der Waals surface area contributed by atoms with E-state index in [1.54, 1.807) is 49.5 Å². The molecule has 3 rings (SSSR count). The van der Waals surface area contributed by atoms with Crippen LogP contribution in [-0.4, -0.2) is 28.0 Å². The number of fused-ring (bicyclic) bond motifs is 1. The highest BCUT2D eigenvalue weighted by molar-refractivity contribution is 6.18. The van der Waals surface area contributed by atoms with Crippen molar-refractivity contribution in [3.05, 3.63) is 60.0 Å². The average Bonchev–Trinajstić information content (AvgIpc) is 2.88. The first-order valence-corrected chi connectivity index (χ1v) is 7.16. The highest BCUT2D eigenvalue weighted by Crippen LogP contribution is 2.30. The summed E-state index contributed by atoms with van der Waals surface area (Å²) in [7, 11) is 0. The van der Waals surface area contributed by atoms with Crippen LogP contribution in [0.3, 0.4) is 0 Å². The van der Waals surface area contributed by atoms with Gasteiger partial charge in [-0.15, -0.1) is 0 Å². The van der Waals surface area contributed by atoms with Gasteiger partial charge in [0.25, 0.3) is 0 Å². The van der Waals surface area contributed by atoms with Crippen LogP contribution < -0.4 is 5.73 Å². The fourth-order valence-corrected chi connectivity index (χ4v) is 2.50. The highest BCUT2D eigenvalue weighted by Gasteiger charge is 2.26. The summed E-state index contributed by atoms with van der Waals surface area (Å²) in [6.07, 6.45) is 2.38. The van der Waals surface area contributed by atoms with Gasteiger partial charge >= 0.3 is 6.09 Å². The molecule has 0 saturated carbocycles. The number of ketones is 1. The van der Waals surface area contributed by atoms with Crippen LogP contribution in [0.25, 0.3) is 10.9 Å². The smallest absolute Gasteiger partial charge is 0.419 e. The maximum Gasteiger partial charge on any atom is 0.419 e. The van der Waals surface area contributed by atoms with E-state index in [9.17, 15) is 9.59 Å². The van der Waals surface area contributed by atoms with Crippen LogP contribution in [-0.2, 0) is 4.74 Å². The van der Waals surface area contributed by atoms with E-state index in [2.05, 4.69) is 4.98 Å². The Balaban J connectivity index is 2.27. The van der Waals surface area contributed by atoms with Crippen LogP contribution in [0.1, 0.15) is 23.0 Å². The number of carbonyl (C=O) groups is 2. The van der Waals surface area contributed by atoms with Gasteiger partial charge in [0.1, 0.15) is 5.69 Å². The molecule has 3 aromatic rings. The SMILES string of the molecule is CCOC(=O)n1c(C(=O)c2cccnc2)c(N)c2ccccc21. The topological polar surface area (TPSA) is 87.2 Å². The lowest BCUT2D eigenvalue weighted by Crippen LogP contribution is -2.20. The van der Waals surface area contributed by atoms with Crippen molar-refractivity contribution in [2.45, 2.75) is 6.92 Å². The summed E-state index contributed by atoms with van der Waals surface area (Å²) in [5, 5.41) is 0.632. The number of carbonyl (C=O) groups excluding carboxylic acids is 2. The van der Waals surface area contributed by atoms with Crippen molar-refractivity contribution in [1.82, 2.24) is 9.55 Å². The minimum Gasteiger partial charge on any atom is -0.449 e. The summed E-state index contributed by atoms with van der Waals surface area (Å²) < 4.78 is 6.30. The van der Waals surface area contributed by atoms with Gasteiger partial charge in [0, 0.05) is 23.3 Å². The molecule has 0 aliphatic rings. The van der Waals surface area contributed by atoms with Crippen LogP contribution in [0.5, 0.6) is 0 Å². The van der Waals surface area contributed by atoms with Gasteiger partial charge < -0.3 is 10.5 Å². The summed E-state index contributed by atoms with van der Waals surface area (Å²) in [6, 6.07) is 10.3. The molecule has 0 spiro atoms. The molecule has 0 saturated heterocycles. The normalized spacial score (nSPS) is 10.7. The molecule has 2 N–H and O–H groups in total. The third kappa shape index (κ3) is 2.44. The number of pyridine rings is 1. The molecule has 0 radical (unpaired) electrons. The van der Waals surface area contributed by atoms with Crippen molar-refractivity contribution in [3.63, 3.8) is 0 Å². The molecule has 2 aromatic heterocycles. The predicted molar refractivity (Wildman–Crippen MR) is 86.4 cm³/mol. The second kappa shape index (κ2) is 5.92. The van der Waals surface area contributed by atoms with Crippen LogP contribution in [0.4, 0.5) is 10.5 Å². The van der Waals surface area contributed by atoms with E-state index in [1.165, 1.54) is 10.8 Å². The summed E-state index contributed by atoms with van der Waals surface area (Å²) in [6.45, 7) is 1.90. The maximum absolute atomic E-state index is 12.8. The summed E-state index contributed by atoms with van der Waals surface area (Å²) in [5.41, 5.74) is 7.38. The lowest BCUT2D eigenvalue weighted by molar-refractivity contribution is 0.102. The molecule has 0 unspecified atom stereocenters. The highest BCUT2D eigenvalue weighted by atomic mass is 16.5.